The van der Waals surface area contributed by atoms with Crippen LogP contribution in [0.2, 0.25) is 0 Å². The molecule has 82 valence electrons. The summed E-state index contributed by atoms with van der Waals surface area (Å²) in [5.41, 5.74) is 0. The summed E-state index contributed by atoms with van der Waals surface area (Å²) < 4.78 is 1.06. The van der Waals surface area contributed by atoms with Gasteiger partial charge in [-0.2, -0.15) is 0 Å². The molecule has 0 spiro atoms. The van der Waals surface area contributed by atoms with Crippen molar-refractivity contribution in [3.63, 3.8) is 0 Å². The van der Waals surface area contributed by atoms with Gasteiger partial charge in [0.05, 0.1) is 4.47 Å². The first-order valence-electron chi connectivity index (χ1n) is 5.26. The van der Waals surface area contributed by atoms with Crippen molar-refractivity contribution in [2.24, 2.45) is 0 Å². The van der Waals surface area contributed by atoms with Gasteiger partial charge in [-0.25, -0.2) is 4.98 Å². The van der Waals surface area contributed by atoms with Gasteiger partial charge in [-0.1, -0.05) is 0 Å². The van der Waals surface area contributed by atoms with Crippen molar-refractivity contribution in [1.82, 2.24) is 4.98 Å². The van der Waals surface area contributed by atoms with Crippen LogP contribution in [0.4, 0.5) is 5.82 Å². The molecule has 0 aromatic carbocycles. The number of aromatic nitrogens is 1. The van der Waals surface area contributed by atoms with Crippen LogP contribution in [-0.4, -0.2) is 23.5 Å². The van der Waals surface area contributed by atoms with Gasteiger partial charge in [-0.15, -0.1) is 11.6 Å². The van der Waals surface area contributed by atoms with E-state index in [1.165, 1.54) is 19.3 Å². The maximum absolute atomic E-state index is 5.99. The SMILES string of the molecule is ClCC1CCCCN1c1ncccc1Br. The van der Waals surface area contributed by atoms with E-state index in [0.29, 0.717) is 11.9 Å². The van der Waals surface area contributed by atoms with Gasteiger partial charge < -0.3 is 4.90 Å². The van der Waals surface area contributed by atoms with Crippen LogP contribution in [0.3, 0.4) is 0 Å². The van der Waals surface area contributed by atoms with E-state index in [0.717, 1.165) is 16.8 Å². The molecule has 2 rings (SSSR count). The highest BCUT2D eigenvalue weighted by molar-refractivity contribution is 9.10. The fraction of sp³-hybridized carbons (Fsp3) is 0.545. The third-order valence-electron chi connectivity index (χ3n) is 2.82. The molecule has 1 unspecified atom stereocenters. The number of hydrogen-bond donors (Lipinski definition) is 0. The fourth-order valence-corrected chi connectivity index (χ4v) is 2.83. The molecule has 0 N–H and O–H groups in total. The molecule has 1 aromatic rings. The molecule has 1 saturated heterocycles. The lowest BCUT2D eigenvalue weighted by Gasteiger charge is -2.36. The lowest BCUT2D eigenvalue weighted by atomic mass is 10.0. The van der Waals surface area contributed by atoms with Crippen LogP contribution in [0.1, 0.15) is 19.3 Å². The monoisotopic (exact) mass is 288 g/mol. The Bertz CT molecular complexity index is 332. The Kier molecular flexibility index (Phi) is 3.87. The molecule has 1 aliphatic rings. The molecule has 2 nitrogen and oxygen atoms in total. The minimum absolute atomic E-state index is 0.437. The molecule has 0 saturated carbocycles. The second kappa shape index (κ2) is 5.17. The summed E-state index contributed by atoms with van der Waals surface area (Å²) in [4.78, 5) is 6.74. The third-order valence-corrected chi connectivity index (χ3v) is 3.79. The van der Waals surface area contributed by atoms with Crippen LogP contribution in [0.25, 0.3) is 0 Å². The van der Waals surface area contributed by atoms with E-state index in [2.05, 4.69) is 25.8 Å². The van der Waals surface area contributed by atoms with E-state index >= 15 is 0 Å². The van der Waals surface area contributed by atoms with E-state index < -0.39 is 0 Å². The van der Waals surface area contributed by atoms with Crippen LogP contribution >= 0.6 is 27.5 Å². The molecule has 0 radical (unpaired) electrons. The van der Waals surface area contributed by atoms with Gasteiger partial charge in [0.1, 0.15) is 5.82 Å². The van der Waals surface area contributed by atoms with Crippen molar-refractivity contribution in [2.45, 2.75) is 25.3 Å². The molecule has 2 heterocycles. The van der Waals surface area contributed by atoms with Gasteiger partial charge in [0, 0.05) is 24.7 Å². The van der Waals surface area contributed by atoms with Crippen molar-refractivity contribution in [3.05, 3.63) is 22.8 Å². The lowest BCUT2D eigenvalue weighted by Crippen LogP contribution is -2.41. The van der Waals surface area contributed by atoms with Crippen molar-refractivity contribution in [2.75, 3.05) is 17.3 Å². The number of rotatable bonds is 2. The lowest BCUT2D eigenvalue weighted by molar-refractivity contribution is 0.484. The van der Waals surface area contributed by atoms with Crippen LogP contribution < -0.4 is 4.90 Å². The van der Waals surface area contributed by atoms with Gasteiger partial charge in [0.25, 0.3) is 0 Å². The zero-order valence-electron chi connectivity index (χ0n) is 8.50. The maximum atomic E-state index is 5.99. The van der Waals surface area contributed by atoms with Crippen molar-refractivity contribution in [1.29, 1.82) is 0 Å². The number of piperidine rings is 1. The number of hydrogen-bond acceptors (Lipinski definition) is 2. The predicted molar refractivity (Wildman–Crippen MR) is 67.6 cm³/mol. The maximum Gasteiger partial charge on any atom is 0.143 e. The second-order valence-corrected chi connectivity index (χ2v) is 4.97. The topological polar surface area (TPSA) is 16.1 Å². The molecular weight excluding hydrogens is 275 g/mol. The fourth-order valence-electron chi connectivity index (χ4n) is 2.03. The molecule has 4 heteroatoms. The average molecular weight is 290 g/mol. The Morgan fingerprint density at radius 1 is 1.53 bits per heavy atom. The summed E-state index contributed by atoms with van der Waals surface area (Å²) >= 11 is 9.53. The van der Waals surface area contributed by atoms with Crippen molar-refractivity contribution in [3.8, 4) is 0 Å². The van der Waals surface area contributed by atoms with Crippen LogP contribution in [0.5, 0.6) is 0 Å². The van der Waals surface area contributed by atoms with E-state index in [1.807, 2.05) is 18.3 Å². The summed E-state index contributed by atoms with van der Waals surface area (Å²) in [5.74, 6) is 1.71. The van der Waals surface area contributed by atoms with Gasteiger partial charge >= 0.3 is 0 Å². The van der Waals surface area contributed by atoms with E-state index in [9.17, 15) is 0 Å². The summed E-state index contributed by atoms with van der Waals surface area (Å²) in [7, 11) is 0. The standard InChI is InChI=1S/C11H14BrClN2/c12-10-5-3-6-14-11(10)15-7-2-1-4-9(15)8-13/h3,5-6,9H,1-2,4,7-8H2. The molecule has 0 amide bonds. The van der Waals surface area contributed by atoms with Gasteiger partial charge in [-0.05, 0) is 47.3 Å². The highest BCUT2D eigenvalue weighted by atomic mass is 79.9. The molecule has 0 aliphatic carbocycles. The zero-order valence-corrected chi connectivity index (χ0v) is 10.8. The Balaban J connectivity index is 2.24. The molecular formula is C11H14BrClN2. The summed E-state index contributed by atoms with van der Waals surface area (Å²) in [6.07, 6.45) is 5.52. The van der Waals surface area contributed by atoms with Crippen LogP contribution in [0, 0.1) is 0 Å². The summed E-state index contributed by atoms with van der Waals surface area (Å²) in [6, 6.07) is 4.40. The predicted octanol–water partition coefficient (Wildman–Crippen LogP) is 3.44. The highest BCUT2D eigenvalue weighted by Crippen LogP contribution is 2.29. The number of halogens is 2. The molecule has 15 heavy (non-hydrogen) atoms. The van der Waals surface area contributed by atoms with E-state index in [1.54, 1.807) is 0 Å². The number of nitrogens with zero attached hydrogens (tertiary/aromatic N) is 2. The average Bonchev–Trinajstić information content (AvgIpc) is 2.30. The summed E-state index contributed by atoms with van der Waals surface area (Å²) in [6.45, 7) is 1.06. The first-order chi connectivity index (χ1) is 7.33. The smallest absolute Gasteiger partial charge is 0.143 e. The first kappa shape index (κ1) is 11.2. The van der Waals surface area contributed by atoms with Crippen molar-refractivity contribution < 1.29 is 0 Å². The van der Waals surface area contributed by atoms with Crippen LogP contribution in [0.15, 0.2) is 22.8 Å². The Morgan fingerprint density at radius 2 is 2.40 bits per heavy atom. The molecule has 0 bridgehead atoms. The second-order valence-electron chi connectivity index (χ2n) is 3.81. The molecule has 1 fully saturated rings. The number of anilines is 1. The van der Waals surface area contributed by atoms with Crippen LogP contribution in [-0.2, 0) is 0 Å². The van der Waals surface area contributed by atoms with Crippen molar-refractivity contribution >= 4 is 33.3 Å². The zero-order chi connectivity index (χ0) is 10.7. The highest BCUT2D eigenvalue weighted by Gasteiger charge is 2.23. The minimum atomic E-state index is 0.437. The first-order valence-corrected chi connectivity index (χ1v) is 6.59. The van der Waals surface area contributed by atoms with E-state index in [-0.39, 0.29) is 0 Å². The normalized spacial score (nSPS) is 21.7. The minimum Gasteiger partial charge on any atom is -0.352 e. The number of pyridine rings is 1. The third kappa shape index (κ3) is 2.45. The van der Waals surface area contributed by atoms with Gasteiger partial charge in [0.2, 0.25) is 0 Å². The Labute approximate surface area is 104 Å². The Morgan fingerprint density at radius 3 is 3.13 bits per heavy atom. The quantitative estimate of drug-likeness (QED) is 0.775. The Hall–Kier alpha value is -0.280. The van der Waals surface area contributed by atoms with Gasteiger partial charge in [-0.3, -0.25) is 0 Å². The molecule has 1 atom stereocenters. The van der Waals surface area contributed by atoms with Gasteiger partial charge in [0.15, 0.2) is 0 Å². The largest absolute Gasteiger partial charge is 0.352 e. The molecule has 1 aromatic heterocycles. The van der Waals surface area contributed by atoms with E-state index in [4.69, 9.17) is 11.6 Å². The number of alkyl halides is 1. The summed E-state index contributed by atoms with van der Waals surface area (Å²) in [5, 5.41) is 0. The molecule has 1 aliphatic heterocycles.